The van der Waals surface area contributed by atoms with E-state index in [2.05, 4.69) is 59.4 Å². The van der Waals surface area contributed by atoms with E-state index in [4.69, 9.17) is 5.26 Å². The Labute approximate surface area is 186 Å². The number of nitrogens with one attached hydrogen (secondary N) is 1. The van der Waals surface area contributed by atoms with Crippen molar-refractivity contribution in [2.75, 3.05) is 0 Å². The first-order chi connectivity index (χ1) is 15.5. The fourth-order valence-electron chi connectivity index (χ4n) is 3.64. The maximum absolute atomic E-state index is 12.3. The highest BCUT2D eigenvalue weighted by atomic mass is 16.3. The van der Waals surface area contributed by atoms with E-state index in [1.54, 1.807) is 6.21 Å². The number of hydrogen-bond donors (Lipinski definition) is 2. The van der Waals surface area contributed by atoms with Gasteiger partial charge in [-0.25, -0.2) is 5.43 Å². The molecule has 0 aliphatic carbocycles. The van der Waals surface area contributed by atoms with Gasteiger partial charge in [0.15, 0.2) is 0 Å². The third kappa shape index (κ3) is 4.23. The number of carbonyl (C=O) groups is 1. The molecule has 0 aliphatic rings. The highest BCUT2D eigenvalue weighted by molar-refractivity contribution is 6.00. The van der Waals surface area contributed by atoms with Gasteiger partial charge in [0.2, 0.25) is 0 Å². The van der Waals surface area contributed by atoms with Crippen LogP contribution in [-0.4, -0.2) is 21.8 Å². The molecule has 6 nitrogen and oxygen atoms in total. The lowest BCUT2D eigenvalue weighted by molar-refractivity contribution is 0.0955. The zero-order chi connectivity index (χ0) is 22.7. The van der Waals surface area contributed by atoms with Gasteiger partial charge in [-0.2, -0.15) is 10.4 Å². The van der Waals surface area contributed by atoms with Crippen molar-refractivity contribution >= 4 is 23.0 Å². The Hall–Kier alpha value is -4.37. The predicted molar refractivity (Wildman–Crippen MR) is 125 cm³/mol. The third-order valence-corrected chi connectivity index (χ3v) is 5.44. The smallest absolute Gasteiger partial charge is 0.271 e. The second-order valence-corrected chi connectivity index (χ2v) is 7.70. The second kappa shape index (κ2) is 8.78. The molecule has 0 fully saturated rings. The van der Waals surface area contributed by atoms with Crippen molar-refractivity contribution in [1.82, 2.24) is 9.99 Å². The number of benzene rings is 3. The second-order valence-electron chi connectivity index (χ2n) is 7.70. The number of phenols is 1. The lowest BCUT2D eigenvalue weighted by atomic mass is 10.1. The summed E-state index contributed by atoms with van der Waals surface area (Å²) in [5, 5.41) is 23.7. The van der Waals surface area contributed by atoms with Crippen molar-refractivity contribution in [2.45, 2.75) is 20.4 Å². The van der Waals surface area contributed by atoms with Gasteiger partial charge in [-0.3, -0.25) is 4.79 Å². The molecule has 2 N–H and O–H groups in total. The largest absolute Gasteiger partial charge is 0.507 e. The Balaban J connectivity index is 1.54. The number of nitriles is 1. The number of rotatable bonds is 5. The number of nitrogens with zero attached hydrogens (tertiary/aromatic N) is 3. The average Bonchev–Trinajstić information content (AvgIpc) is 3.20. The van der Waals surface area contributed by atoms with E-state index in [1.807, 2.05) is 24.3 Å². The number of aromatic nitrogens is 1. The monoisotopic (exact) mass is 422 g/mol. The summed E-state index contributed by atoms with van der Waals surface area (Å²) in [5.41, 5.74) is 8.49. The Bertz CT molecular complexity index is 1390. The zero-order valence-corrected chi connectivity index (χ0v) is 17.8. The molecule has 1 amide bonds. The van der Waals surface area contributed by atoms with E-state index >= 15 is 0 Å². The predicted octanol–water partition coefficient (Wildman–Crippen LogP) is 4.65. The fraction of sp³-hybridized carbons (Fsp3) is 0.115. The average molecular weight is 422 g/mol. The van der Waals surface area contributed by atoms with Crippen LogP contribution in [0.5, 0.6) is 5.75 Å². The van der Waals surface area contributed by atoms with Gasteiger partial charge in [0, 0.05) is 34.8 Å². The summed E-state index contributed by atoms with van der Waals surface area (Å²) in [6.45, 7) is 4.99. The number of fused-ring (bicyclic) bond motifs is 1. The SMILES string of the molecule is Cc1ccc(C)c(Cn2ccc3c(C=NNC(=O)c4ccc(O)c(C#N)c4)cccc32)c1. The third-order valence-electron chi connectivity index (χ3n) is 5.44. The highest BCUT2D eigenvalue weighted by Gasteiger charge is 2.09. The van der Waals surface area contributed by atoms with Crippen molar-refractivity contribution in [2.24, 2.45) is 5.10 Å². The molecule has 32 heavy (non-hydrogen) atoms. The summed E-state index contributed by atoms with van der Waals surface area (Å²) in [7, 11) is 0. The molecule has 0 bridgehead atoms. The van der Waals surface area contributed by atoms with E-state index in [-0.39, 0.29) is 16.9 Å². The lowest BCUT2D eigenvalue weighted by Gasteiger charge is -2.10. The number of hydrogen-bond acceptors (Lipinski definition) is 4. The van der Waals surface area contributed by atoms with Crippen LogP contribution in [0, 0.1) is 25.2 Å². The Morgan fingerprint density at radius 1 is 1.16 bits per heavy atom. The van der Waals surface area contributed by atoms with Crippen LogP contribution in [-0.2, 0) is 6.54 Å². The first kappa shape index (κ1) is 20.9. The molecule has 4 rings (SSSR count). The fourth-order valence-corrected chi connectivity index (χ4v) is 3.64. The van der Waals surface area contributed by atoms with Crippen LogP contribution in [0.25, 0.3) is 10.9 Å². The summed E-state index contributed by atoms with van der Waals surface area (Å²) in [4.78, 5) is 12.3. The molecule has 4 aromatic rings. The topological polar surface area (TPSA) is 90.4 Å². The molecule has 0 radical (unpaired) electrons. The van der Waals surface area contributed by atoms with Crippen molar-refractivity contribution in [3.05, 3.63) is 100 Å². The van der Waals surface area contributed by atoms with Crippen LogP contribution < -0.4 is 5.43 Å². The van der Waals surface area contributed by atoms with Gasteiger partial charge in [0.1, 0.15) is 11.8 Å². The van der Waals surface area contributed by atoms with Crippen LogP contribution in [0.1, 0.15) is 38.2 Å². The molecular formula is C26H22N4O2. The standard InChI is InChI=1S/C26H22N4O2/c1-17-6-7-18(2)22(12-17)16-30-11-10-23-20(4-3-5-24(23)30)15-28-29-26(32)19-8-9-25(31)21(13-19)14-27/h3-13,15,31H,16H2,1-2H3,(H,29,32). The number of aryl methyl sites for hydroxylation is 2. The highest BCUT2D eigenvalue weighted by Crippen LogP contribution is 2.22. The van der Waals surface area contributed by atoms with Gasteiger partial charge in [-0.15, -0.1) is 0 Å². The summed E-state index contributed by atoms with van der Waals surface area (Å²) >= 11 is 0. The Morgan fingerprint density at radius 2 is 2.00 bits per heavy atom. The maximum Gasteiger partial charge on any atom is 0.271 e. The normalized spacial score (nSPS) is 11.0. The summed E-state index contributed by atoms with van der Waals surface area (Å²) in [6.07, 6.45) is 3.66. The van der Waals surface area contributed by atoms with Gasteiger partial charge < -0.3 is 9.67 Å². The Morgan fingerprint density at radius 3 is 2.81 bits per heavy atom. The van der Waals surface area contributed by atoms with Crippen LogP contribution in [0.15, 0.2) is 72.0 Å². The number of aromatic hydroxyl groups is 1. The van der Waals surface area contributed by atoms with Crippen molar-refractivity contribution in [3.8, 4) is 11.8 Å². The molecule has 0 unspecified atom stereocenters. The summed E-state index contributed by atoms with van der Waals surface area (Å²) in [6, 6.07) is 20.4. The first-order valence-electron chi connectivity index (χ1n) is 10.2. The molecule has 1 aromatic heterocycles. The van der Waals surface area contributed by atoms with Gasteiger partial charge in [0.05, 0.1) is 11.8 Å². The molecule has 3 aromatic carbocycles. The molecule has 0 atom stereocenters. The van der Waals surface area contributed by atoms with Crippen LogP contribution in [0.2, 0.25) is 0 Å². The first-order valence-corrected chi connectivity index (χ1v) is 10.2. The molecular weight excluding hydrogens is 400 g/mol. The molecule has 0 saturated heterocycles. The van der Waals surface area contributed by atoms with E-state index in [0.29, 0.717) is 0 Å². The maximum atomic E-state index is 12.3. The molecule has 0 aliphatic heterocycles. The van der Waals surface area contributed by atoms with E-state index in [1.165, 1.54) is 34.9 Å². The minimum atomic E-state index is -0.461. The van der Waals surface area contributed by atoms with Gasteiger partial charge >= 0.3 is 0 Å². The summed E-state index contributed by atoms with van der Waals surface area (Å²) in [5.74, 6) is -0.623. The molecule has 0 spiro atoms. The van der Waals surface area contributed by atoms with Crippen LogP contribution in [0.3, 0.4) is 0 Å². The quantitative estimate of drug-likeness (QED) is 0.362. The van der Waals surface area contributed by atoms with E-state index in [9.17, 15) is 9.90 Å². The van der Waals surface area contributed by atoms with Gasteiger partial charge in [-0.05, 0) is 55.3 Å². The molecule has 0 saturated carbocycles. The summed E-state index contributed by atoms with van der Waals surface area (Å²) < 4.78 is 2.20. The van der Waals surface area contributed by atoms with Crippen LogP contribution in [0.4, 0.5) is 0 Å². The number of amides is 1. The Kier molecular flexibility index (Phi) is 5.73. The van der Waals surface area contributed by atoms with Crippen molar-refractivity contribution < 1.29 is 9.90 Å². The zero-order valence-electron chi connectivity index (χ0n) is 17.8. The molecule has 1 heterocycles. The number of carbonyl (C=O) groups excluding carboxylic acids is 1. The van der Waals surface area contributed by atoms with Crippen molar-refractivity contribution in [3.63, 3.8) is 0 Å². The molecule has 158 valence electrons. The van der Waals surface area contributed by atoms with E-state index < -0.39 is 5.91 Å². The molecule has 6 heteroatoms. The lowest BCUT2D eigenvalue weighted by Crippen LogP contribution is -2.17. The van der Waals surface area contributed by atoms with Crippen molar-refractivity contribution in [1.29, 1.82) is 5.26 Å². The minimum Gasteiger partial charge on any atom is -0.507 e. The van der Waals surface area contributed by atoms with Gasteiger partial charge in [0.25, 0.3) is 5.91 Å². The number of hydrazone groups is 1. The minimum absolute atomic E-state index is 0.0385. The van der Waals surface area contributed by atoms with Gasteiger partial charge in [-0.1, -0.05) is 35.9 Å². The van der Waals surface area contributed by atoms with E-state index in [0.717, 1.165) is 23.0 Å². The van der Waals surface area contributed by atoms with Crippen LogP contribution >= 0.6 is 0 Å². The number of phenolic OH excluding ortho intramolecular Hbond substituents is 1.